The van der Waals surface area contributed by atoms with Crippen LogP contribution < -0.4 is 4.74 Å². The first-order valence-electron chi connectivity index (χ1n) is 8.02. The van der Waals surface area contributed by atoms with Crippen molar-refractivity contribution in [3.05, 3.63) is 73.3 Å². The van der Waals surface area contributed by atoms with E-state index in [9.17, 15) is 0 Å². The molecule has 5 rings (SSSR count). The fourth-order valence-electron chi connectivity index (χ4n) is 2.74. The van der Waals surface area contributed by atoms with Crippen LogP contribution >= 0.6 is 0 Å². The van der Waals surface area contributed by atoms with E-state index in [1.807, 2.05) is 54.6 Å². The molecule has 0 spiro atoms. The highest BCUT2D eigenvalue weighted by atomic mass is 16.5. The Bertz CT molecular complexity index is 1220. The van der Waals surface area contributed by atoms with Crippen molar-refractivity contribution >= 4 is 16.8 Å². The summed E-state index contributed by atoms with van der Waals surface area (Å²) in [6.45, 7) is 0. The van der Waals surface area contributed by atoms with Gasteiger partial charge in [-0.2, -0.15) is 14.6 Å². The maximum atomic E-state index is 6.07. The fraction of sp³-hybridized carbons (Fsp3) is 0. The molecular weight excluding hydrogens is 328 g/mol. The standard InChI is InChI=1S/C19H12N6O/c1-2-4-13(5-3-1)16-11-18(25-19(24-16)22-12-23-25)26-14-6-7-15-17(10-14)21-9-8-20-15/h1-12H. The zero-order valence-electron chi connectivity index (χ0n) is 13.5. The van der Waals surface area contributed by atoms with Crippen molar-refractivity contribution in [2.45, 2.75) is 0 Å². The summed E-state index contributed by atoms with van der Waals surface area (Å²) in [5.41, 5.74) is 3.32. The molecule has 2 aromatic carbocycles. The summed E-state index contributed by atoms with van der Waals surface area (Å²) in [5, 5.41) is 4.20. The topological polar surface area (TPSA) is 78.1 Å². The summed E-state index contributed by atoms with van der Waals surface area (Å²) in [6, 6.07) is 17.3. The quantitative estimate of drug-likeness (QED) is 0.500. The Labute approximate surface area is 148 Å². The lowest BCUT2D eigenvalue weighted by molar-refractivity contribution is 0.447. The second kappa shape index (κ2) is 5.89. The number of hydrogen-bond acceptors (Lipinski definition) is 6. The number of nitrogens with zero attached hydrogens (tertiary/aromatic N) is 6. The average Bonchev–Trinajstić information content (AvgIpc) is 3.18. The summed E-state index contributed by atoms with van der Waals surface area (Å²) in [4.78, 5) is 17.3. The van der Waals surface area contributed by atoms with Gasteiger partial charge in [-0.3, -0.25) is 9.97 Å². The van der Waals surface area contributed by atoms with E-state index in [4.69, 9.17) is 4.74 Å². The van der Waals surface area contributed by atoms with Crippen LogP contribution in [-0.4, -0.2) is 29.5 Å². The third-order valence-electron chi connectivity index (χ3n) is 3.95. The summed E-state index contributed by atoms with van der Waals surface area (Å²) >= 11 is 0. The average molecular weight is 340 g/mol. The van der Waals surface area contributed by atoms with E-state index in [0.29, 0.717) is 17.4 Å². The monoisotopic (exact) mass is 340 g/mol. The van der Waals surface area contributed by atoms with Crippen LogP contribution in [0.25, 0.3) is 28.1 Å². The summed E-state index contributed by atoms with van der Waals surface area (Å²) < 4.78 is 7.64. The van der Waals surface area contributed by atoms with Crippen molar-refractivity contribution in [1.82, 2.24) is 29.5 Å². The minimum Gasteiger partial charge on any atom is -0.439 e. The Kier molecular flexibility index (Phi) is 3.28. The Morgan fingerprint density at radius 1 is 0.808 bits per heavy atom. The zero-order chi connectivity index (χ0) is 17.3. The van der Waals surface area contributed by atoms with Gasteiger partial charge in [0.15, 0.2) is 0 Å². The maximum Gasteiger partial charge on any atom is 0.255 e. The number of ether oxygens (including phenoxy) is 1. The number of benzene rings is 2. The van der Waals surface area contributed by atoms with Gasteiger partial charge in [0.1, 0.15) is 12.1 Å². The number of aromatic nitrogens is 6. The highest BCUT2D eigenvalue weighted by Gasteiger charge is 2.11. The molecular formula is C19H12N6O. The molecule has 0 aliphatic rings. The Hall–Kier alpha value is -3.87. The zero-order valence-corrected chi connectivity index (χ0v) is 13.5. The molecule has 26 heavy (non-hydrogen) atoms. The Balaban J connectivity index is 1.62. The molecule has 3 aromatic heterocycles. The van der Waals surface area contributed by atoms with Crippen LogP contribution in [0, 0.1) is 0 Å². The van der Waals surface area contributed by atoms with Crippen LogP contribution in [0.1, 0.15) is 0 Å². The van der Waals surface area contributed by atoms with Gasteiger partial charge in [0.25, 0.3) is 5.78 Å². The molecule has 0 saturated heterocycles. The maximum absolute atomic E-state index is 6.07. The molecule has 0 aliphatic carbocycles. The number of rotatable bonds is 3. The summed E-state index contributed by atoms with van der Waals surface area (Å²) in [6.07, 6.45) is 4.77. The highest BCUT2D eigenvalue weighted by molar-refractivity contribution is 5.75. The van der Waals surface area contributed by atoms with Gasteiger partial charge in [0.05, 0.1) is 16.7 Å². The molecule has 0 aliphatic heterocycles. The molecule has 0 N–H and O–H groups in total. The number of fused-ring (bicyclic) bond motifs is 2. The molecule has 124 valence electrons. The molecule has 0 radical (unpaired) electrons. The van der Waals surface area contributed by atoms with Gasteiger partial charge in [-0.05, 0) is 12.1 Å². The second-order valence-electron chi connectivity index (χ2n) is 5.63. The van der Waals surface area contributed by atoms with Gasteiger partial charge in [0, 0.05) is 30.1 Å². The first-order chi connectivity index (χ1) is 12.9. The molecule has 0 fully saturated rings. The lowest BCUT2D eigenvalue weighted by Gasteiger charge is -2.09. The van der Waals surface area contributed by atoms with Crippen molar-refractivity contribution in [2.24, 2.45) is 0 Å². The van der Waals surface area contributed by atoms with E-state index in [1.54, 1.807) is 16.9 Å². The van der Waals surface area contributed by atoms with Crippen molar-refractivity contribution in [1.29, 1.82) is 0 Å². The van der Waals surface area contributed by atoms with Crippen molar-refractivity contribution < 1.29 is 4.74 Å². The van der Waals surface area contributed by atoms with Gasteiger partial charge < -0.3 is 4.74 Å². The minimum absolute atomic E-state index is 0.474. The largest absolute Gasteiger partial charge is 0.439 e. The van der Waals surface area contributed by atoms with Crippen molar-refractivity contribution in [3.63, 3.8) is 0 Å². The lowest BCUT2D eigenvalue weighted by Crippen LogP contribution is -1.99. The van der Waals surface area contributed by atoms with Crippen molar-refractivity contribution in [2.75, 3.05) is 0 Å². The van der Waals surface area contributed by atoms with Gasteiger partial charge in [0.2, 0.25) is 5.88 Å². The molecule has 3 heterocycles. The van der Waals surface area contributed by atoms with Gasteiger partial charge in [-0.1, -0.05) is 30.3 Å². The smallest absolute Gasteiger partial charge is 0.255 e. The highest BCUT2D eigenvalue weighted by Crippen LogP contribution is 2.27. The van der Waals surface area contributed by atoms with Gasteiger partial charge in [-0.25, -0.2) is 4.98 Å². The Morgan fingerprint density at radius 3 is 2.54 bits per heavy atom. The normalized spacial score (nSPS) is 11.1. The molecule has 0 amide bonds. The fourth-order valence-corrected chi connectivity index (χ4v) is 2.74. The van der Waals surface area contributed by atoms with Crippen LogP contribution in [0.5, 0.6) is 11.6 Å². The lowest BCUT2D eigenvalue weighted by atomic mass is 10.1. The minimum atomic E-state index is 0.474. The van der Waals surface area contributed by atoms with E-state index in [-0.39, 0.29) is 0 Å². The molecule has 7 heteroatoms. The second-order valence-corrected chi connectivity index (χ2v) is 5.63. The van der Waals surface area contributed by atoms with Gasteiger partial charge >= 0.3 is 0 Å². The van der Waals surface area contributed by atoms with Crippen LogP contribution in [0.4, 0.5) is 0 Å². The van der Waals surface area contributed by atoms with E-state index in [0.717, 1.165) is 22.3 Å². The molecule has 0 unspecified atom stereocenters. The summed E-state index contributed by atoms with van der Waals surface area (Å²) in [5.74, 6) is 1.64. The molecule has 0 saturated carbocycles. The van der Waals surface area contributed by atoms with E-state index in [2.05, 4.69) is 25.0 Å². The van der Waals surface area contributed by atoms with Crippen LogP contribution in [0.2, 0.25) is 0 Å². The third kappa shape index (κ3) is 2.51. The number of hydrogen-bond donors (Lipinski definition) is 0. The third-order valence-corrected chi connectivity index (χ3v) is 3.95. The Morgan fingerprint density at radius 2 is 1.65 bits per heavy atom. The predicted octanol–water partition coefficient (Wildman–Crippen LogP) is 3.53. The van der Waals surface area contributed by atoms with Crippen LogP contribution in [0.15, 0.2) is 73.3 Å². The molecule has 0 bridgehead atoms. The van der Waals surface area contributed by atoms with E-state index in [1.165, 1.54) is 6.33 Å². The van der Waals surface area contributed by atoms with Crippen LogP contribution in [-0.2, 0) is 0 Å². The molecule has 5 aromatic rings. The van der Waals surface area contributed by atoms with E-state index < -0.39 is 0 Å². The SMILES string of the molecule is c1ccc(-c2cc(Oc3ccc4nccnc4c3)n3ncnc3n2)cc1. The summed E-state index contributed by atoms with van der Waals surface area (Å²) in [7, 11) is 0. The predicted molar refractivity (Wildman–Crippen MR) is 95.8 cm³/mol. The molecule has 7 nitrogen and oxygen atoms in total. The first kappa shape index (κ1) is 14.5. The van der Waals surface area contributed by atoms with Gasteiger partial charge in [-0.15, -0.1) is 0 Å². The van der Waals surface area contributed by atoms with Crippen molar-refractivity contribution in [3.8, 4) is 22.9 Å². The molecule has 0 atom stereocenters. The van der Waals surface area contributed by atoms with Crippen LogP contribution in [0.3, 0.4) is 0 Å². The first-order valence-corrected chi connectivity index (χ1v) is 8.02. The van der Waals surface area contributed by atoms with E-state index >= 15 is 0 Å².